The number of rotatable bonds is 9. The maximum atomic E-state index is 12.6. The van der Waals surface area contributed by atoms with E-state index in [0.717, 1.165) is 40.7 Å². The summed E-state index contributed by atoms with van der Waals surface area (Å²) in [5.41, 5.74) is 3.08. The van der Waals surface area contributed by atoms with E-state index in [1.807, 2.05) is 36.4 Å². The van der Waals surface area contributed by atoms with Gasteiger partial charge in [0.15, 0.2) is 5.17 Å². The zero-order valence-electron chi connectivity index (χ0n) is 20.9. The van der Waals surface area contributed by atoms with Crippen molar-refractivity contribution < 1.29 is 14.4 Å². The molecule has 39 heavy (non-hydrogen) atoms. The van der Waals surface area contributed by atoms with Crippen molar-refractivity contribution in [3.8, 4) is 11.1 Å². The first-order valence-corrected chi connectivity index (χ1v) is 14.1. The Hall–Kier alpha value is -3.53. The number of thioether (sulfide) groups is 1. The van der Waals surface area contributed by atoms with Crippen LogP contribution in [0.5, 0.6) is 0 Å². The standard InChI is InChI=1S/C28H27Cl2N5O3S/c29-22-15-20(18-6-2-1-3-7-18)16-23(30)25(22)27(38)32-12-11-31-24(36)17-34-26(37)19-8-4-9-21(14-19)35-28-33-10-5-13-39-28/h1-4,6-9,14-16H,5,10-13,17H2,(H,31,36)(H,32,38)(H,33,35)(H,34,37). The van der Waals surface area contributed by atoms with Crippen LogP contribution in [0.4, 0.5) is 5.69 Å². The smallest absolute Gasteiger partial charge is 0.254 e. The molecule has 0 saturated heterocycles. The molecule has 202 valence electrons. The summed E-state index contributed by atoms with van der Waals surface area (Å²) in [4.78, 5) is 41.8. The number of halogens is 2. The van der Waals surface area contributed by atoms with Crippen molar-refractivity contribution >= 4 is 63.5 Å². The fraction of sp³-hybridized carbons (Fsp3) is 0.214. The van der Waals surface area contributed by atoms with Gasteiger partial charge in [-0.3, -0.25) is 19.4 Å². The number of aliphatic imine (C=N–C) groups is 1. The lowest BCUT2D eigenvalue weighted by Gasteiger charge is -2.14. The lowest BCUT2D eigenvalue weighted by Crippen LogP contribution is -2.40. The molecule has 0 saturated carbocycles. The quantitative estimate of drug-likeness (QED) is 0.269. The Morgan fingerprint density at radius 1 is 0.821 bits per heavy atom. The van der Waals surface area contributed by atoms with Crippen LogP contribution in [0.2, 0.25) is 10.0 Å². The average Bonchev–Trinajstić information content (AvgIpc) is 2.95. The minimum absolute atomic E-state index is 0.154. The molecular formula is C28H27Cl2N5O3S. The average molecular weight is 585 g/mol. The van der Waals surface area contributed by atoms with E-state index in [1.165, 1.54) is 0 Å². The number of hydrogen-bond acceptors (Lipinski definition) is 6. The summed E-state index contributed by atoms with van der Waals surface area (Å²) in [5, 5.41) is 12.5. The van der Waals surface area contributed by atoms with Gasteiger partial charge >= 0.3 is 0 Å². The molecule has 0 radical (unpaired) electrons. The number of amidine groups is 1. The molecule has 4 rings (SSSR count). The predicted molar refractivity (Wildman–Crippen MR) is 159 cm³/mol. The third kappa shape index (κ3) is 8.23. The van der Waals surface area contributed by atoms with Crippen LogP contribution in [0.25, 0.3) is 11.1 Å². The highest BCUT2D eigenvalue weighted by atomic mass is 35.5. The van der Waals surface area contributed by atoms with E-state index in [-0.39, 0.29) is 47.1 Å². The maximum absolute atomic E-state index is 12.6. The Balaban J connectivity index is 1.20. The third-order valence-corrected chi connectivity index (χ3v) is 7.28. The summed E-state index contributed by atoms with van der Waals surface area (Å²) >= 11 is 14.4. The van der Waals surface area contributed by atoms with Crippen molar-refractivity contribution in [3.63, 3.8) is 0 Å². The zero-order valence-corrected chi connectivity index (χ0v) is 23.3. The van der Waals surface area contributed by atoms with Crippen LogP contribution in [-0.4, -0.2) is 54.8 Å². The molecule has 0 atom stereocenters. The molecule has 11 heteroatoms. The fourth-order valence-corrected chi connectivity index (χ4v) is 5.27. The van der Waals surface area contributed by atoms with Crippen molar-refractivity contribution in [2.75, 3.05) is 37.2 Å². The summed E-state index contributed by atoms with van der Waals surface area (Å²) in [6.45, 7) is 0.904. The van der Waals surface area contributed by atoms with Crippen LogP contribution >= 0.6 is 35.0 Å². The molecule has 8 nitrogen and oxygen atoms in total. The van der Waals surface area contributed by atoms with Crippen LogP contribution in [0.3, 0.4) is 0 Å². The number of nitrogens with zero attached hydrogens (tertiary/aromatic N) is 1. The molecule has 0 bridgehead atoms. The van der Waals surface area contributed by atoms with Gasteiger partial charge in [0.05, 0.1) is 22.2 Å². The zero-order chi connectivity index (χ0) is 27.6. The molecule has 3 amide bonds. The third-order valence-electron chi connectivity index (χ3n) is 5.69. The first kappa shape index (κ1) is 28.5. The summed E-state index contributed by atoms with van der Waals surface area (Å²) in [7, 11) is 0. The van der Waals surface area contributed by atoms with Gasteiger partial charge < -0.3 is 21.3 Å². The number of benzene rings is 3. The van der Waals surface area contributed by atoms with Crippen LogP contribution < -0.4 is 21.3 Å². The molecule has 0 spiro atoms. The van der Waals surface area contributed by atoms with Gasteiger partial charge in [-0.1, -0.05) is 71.4 Å². The van der Waals surface area contributed by atoms with Gasteiger partial charge in [0.25, 0.3) is 11.8 Å². The molecule has 0 fully saturated rings. The Labute approximate surface area is 240 Å². The highest BCUT2D eigenvalue weighted by molar-refractivity contribution is 8.14. The van der Waals surface area contributed by atoms with E-state index in [0.29, 0.717) is 5.56 Å². The number of hydrogen-bond donors (Lipinski definition) is 4. The number of anilines is 1. The molecule has 4 N–H and O–H groups in total. The predicted octanol–water partition coefficient (Wildman–Crippen LogP) is 4.84. The molecule has 3 aromatic rings. The first-order chi connectivity index (χ1) is 18.9. The minimum Gasteiger partial charge on any atom is -0.353 e. The molecule has 0 aliphatic carbocycles. The SMILES string of the molecule is O=C(CNC(=O)c1cccc(NC2=NCCCS2)c1)NCCNC(=O)c1c(Cl)cc(-c2ccccc2)cc1Cl. The van der Waals surface area contributed by atoms with E-state index in [2.05, 4.69) is 26.3 Å². The normalized spacial score (nSPS) is 12.7. The van der Waals surface area contributed by atoms with Crippen LogP contribution in [0.1, 0.15) is 27.1 Å². The molecule has 3 aromatic carbocycles. The van der Waals surface area contributed by atoms with Gasteiger partial charge in [-0.15, -0.1) is 0 Å². The Kier molecular flexibility index (Phi) is 10.2. The molecule has 0 aromatic heterocycles. The van der Waals surface area contributed by atoms with Crippen molar-refractivity contribution in [2.24, 2.45) is 4.99 Å². The lowest BCUT2D eigenvalue weighted by molar-refractivity contribution is -0.120. The van der Waals surface area contributed by atoms with Gasteiger partial charge in [-0.25, -0.2) is 0 Å². The Bertz CT molecular complexity index is 1360. The lowest BCUT2D eigenvalue weighted by atomic mass is 10.0. The van der Waals surface area contributed by atoms with E-state index in [9.17, 15) is 14.4 Å². The molecule has 0 unspecified atom stereocenters. The van der Waals surface area contributed by atoms with Gasteiger partial charge in [-0.05, 0) is 47.9 Å². The van der Waals surface area contributed by atoms with Crippen molar-refractivity contribution in [1.29, 1.82) is 0 Å². The topological polar surface area (TPSA) is 112 Å². The molecule has 1 heterocycles. The van der Waals surface area contributed by atoms with Gasteiger partial charge in [-0.2, -0.15) is 0 Å². The number of carbonyl (C=O) groups excluding carboxylic acids is 3. The fourth-order valence-electron chi connectivity index (χ4n) is 3.78. The van der Waals surface area contributed by atoms with Crippen molar-refractivity contribution in [1.82, 2.24) is 16.0 Å². The minimum atomic E-state index is -0.446. The van der Waals surface area contributed by atoms with E-state index < -0.39 is 5.91 Å². The second-order valence-corrected chi connectivity index (χ2v) is 10.5. The second-order valence-electron chi connectivity index (χ2n) is 8.56. The summed E-state index contributed by atoms with van der Waals surface area (Å²) < 4.78 is 0. The number of amides is 3. The van der Waals surface area contributed by atoms with E-state index >= 15 is 0 Å². The van der Waals surface area contributed by atoms with Crippen molar-refractivity contribution in [3.05, 3.63) is 87.9 Å². The van der Waals surface area contributed by atoms with Gasteiger partial charge in [0, 0.05) is 36.6 Å². The Morgan fingerprint density at radius 2 is 1.56 bits per heavy atom. The number of carbonyl (C=O) groups is 3. The van der Waals surface area contributed by atoms with Gasteiger partial charge in [0.1, 0.15) is 0 Å². The number of nitrogens with one attached hydrogen (secondary N) is 4. The van der Waals surface area contributed by atoms with E-state index in [1.54, 1.807) is 42.1 Å². The van der Waals surface area contributed by atoms with Crippen LogP contribution in [0, 0.1) is 0 Å². The van der Waals surface area contributed by atoms with Crippen LogP contribution in [0.15, 0.2) is 71.7 Å². The maximum Gasteiger partial charge on any atom is 0.254 e. The first-order valence-electron chi connectivity index (χ1n) is 12.3. The molecule has 1 aliphatic rings. The van der Waals surface area contributed by atoms with Crippen molar-refractivity contribution in [2.45, 2.75) is 6.42 Å². The Morgan fingerprint density at radius 3 is 2.28 bits per heavy atom. The summed E-state index contributed by atoms with van der Waals surface area (Å²) in [6, 6.07) is 20.0. The highest BCUT2D eigenvalue weighted by Crippen LogP contribution is 2.31. The monoisotopic (exact) mass is 583 g/mol. The van der Waals surface area contributed by atoms with Crippen LogP contribution in [-0.2, 0) is 4.79 Å². The van der Waals surface area contributed by atoms with E-state index in [4.69, 9.17) is 23.2 Å². The summed E-state index contributed by atoms with van der Waals surface area (Å²) in [5.74, 6) is -0.196. The molecule has 1 aliphatic heterocycles. The molecular weight excluding hydrogens is 557 g/mol. The largest absolute Gasteiger partial charge is 0.353 e. The summed E-state index contributed by atoms with van der Waals surface area (Å²) in [6.07, 6.45) is 1.05. The van der Waals surface area contributed by atoms with Gasteiger partial charge in [0.2, 0.25) is 5.91 Å². The second kappa shape index (κ2) is 14.0. The highest BCUT2D eigenvalue weighted by Gasteiger charge is 2.17.